The standard InChI is InChI=1S/C14H20N2O4/c1-8-11(20-13(15-8)9-4-5-9)12(19)16-14(2,3)7-6-10(17)18/h9H,4-7H2,1-3H3,(H,16,19)(H,17,18). The SMILES string of the molecule is Cc1nc(C2CC2)oc1C(=O)NC(C)(C)CCC(=O)O. The van der Waals surface area contributed by atoms with Crippen molar-refractivity contribution in [3.05, 3.63) is 17.3 Å². The molecule has 0 saturated heterocycles. The Morgan fingerprint density at radius 3 is 2.65 bits per heavy atom. The molecule has 0 radical (unpaired) electrons. The van der Waals surface area contributed by atoms with Crippen molar-refractivity contribution >= 4 is 11.9 Å². The van der Waals surface area contributed by atoms with Crippen LogP contribution in [-0.4, -0.2) is 27.5 Å². The van der Waals surface area contributed by atoms with Gasteiger partial charge in [-0.05, 0) is 40.0 Å². The third kappa shape index (κ3) is 3.59. The molecule has 0 aromatic carbocycles. The molecule has 1 heterocycles. The van der Waals surface area contributed by atoms with Crippen molar-refractivity contribution in [1.82, 2.24) is 10.3 Å². The van der Waals surface area contributed by atoms with Crippen LogP contribution in [0, 0.1) is 6.92 Å². The molecule has 0 unspecified atom stereocenters. The van der Waals surface area contributed by atoms with Gasteiger partial charge in [-0.25, -0.2) is 4.98 Å². The molecule has 0 bridgehead atoms. The zero-order chi connectivity index (χ0) is 14.9. The van der Waals surface area contributed by atoms with Crippen molar-refractivity contribution in [2.75, 3.05) is 0 Å². The quantitative estimate of drug-likeness (QED) is 0.833. The molecule has 6 heteroatoms. The van der Waals surface area contributed by atoms with Crippen molar-refractivity contribution < 1.29 is 19.1 Å². The number of carboxylic acid groups (broad SMARTS) is 1. The molecule has 1 aliphatic rings. The summed E-state index contributed by atoms with van der Waals surface area (Å²) in [4.78, 5) is 27.1. The molecule has 0 atom stereocenters. The first-order chi connectivity index (χ1) is 9.28. The molecule has 2 N–H and O–H groups in total. The Hall–Kier alpha value is -1.85. The van der Waals surface area contributed by atoms with Crippen LogP contribution in [0.5, 0.6) is 0 Å². The number of carbonyl (C=O) groups is 2. The number of aliphatic carboxylic acids is 1. The van der Waals surface area contributed by atoms with E-state index in [2.05, 4.69) is 10.3 Å². The number of carboxylic acids is 1. The molecule has 2 rings (SSSR count). The number of nitrogens with zero attached hydrogens (tertiary/aromatic N) is 1. The van der Waals surface area contributed by atoms with Gasteiger partial charge in [0.05, 0.1) is 5.69 Å². The summed E-state index contributed by atoms with van der Waals surface area (Å²) in [5.41, 5.74) is -0.0208. The highest BCUT2D eigenvalue weighted by atomic mass is 16.4. The highest BCUT2D eigenvalue weighted by Crippen LogP contribution is 2.40. The smallest absolute Gasteiger partial charge is 0.303 e. The Morgan fingerprint density at radius 1 is 1.45 bits per heavy atom. The molecule has 20 heavy (non-hydrogen) atoms. The Balaban J connectivity index is 2.01. The Labute approximate surface area is 117 Å². The van der Waals surface area contributed by atoms with Crippen molar-refractivity contribution in [1.29, 1.82) is 0 Å². The highest BCUT2D eigenvalue weighted by Gasteiger charge is 2.32. The number of rotatable bonds is 6. The van der Waals surface area contributed by atoms with E-state index in [-0.39, 0.29) is 18.1 Å². The van der Waals surface area contributed by atoms with Gasteiger partial charge in [0, 0.05) is 17.9 Å². The third-order valence-electron chi connectivity index (χ3n) is 3.36. The predicted molar refractivity (Wildman–Crippen MR) is 71.6 cm³/mol. The first-order valence-electron chi connectivity index (χ1n) is 6.80. The number of aryl methyl sites for hydroxylation is 1. The van der Waals surface area contributed by atoms with E-state index < -0.39 is 11.5 Å². The largest absolute Gasteiger partial charge is 0.481 e. The van der Waals surface area contributed by atoms with Gasteiger partial charge < -0.3 is 14.8 Å². The number of aromatic nitrogens is 1. The number of amides is 1. The minimum absolute atomic E-state index is 0.00991. The van der Waals surface area contributed by atoms with E-state index >= 15 is 0 Å². The minimum Gasteiger partial charge on any atom is -0.481 e. The molecule has 1 amide bonds. The van der Waals surface area contributed by atoms with E-state index in [4.69, 9.17) is 9.52 Å². The Kier molecular flexibility index (Phi) is 3.83. The first kappa shape index (κ1) is 14.6. The lowest BCUT2D eigenvalue weighted by Gasteiger charge is -2.25. The molecule has 1 aliphatic carbocycles. The molecular formula is C14H20N2O4. The third-order valence-corrected chi connectivity index (χ3v) is 3.36. The number of nitrogens with one attached hydrogen (secondary N) is 1. The summed E-state index contributed by atoms with van der Waals surface area (Å²) in [6.45, 7) is 5.33. The second kappa shape index (κ2) is 5.26. The van der Waals surface area contributed by atoms with Gasteiger partial charge in [0.25, 0.3) is 5.91 Å². The maximum atomic E-state index is 12.2. The average molecular weight is 280 g/mol. The minimum atomic E-state index is -0.876. The maximum absolute atomic E-state index is 12.2. The van der Waals surface area contributed by atoms with Gasteiger partial charge in [-0.2, -0.15) is 0 Å². The summed E-state index contributed by atoms with van der Waals surface area (Å²) < 4.78 is 5.53. The first-order valence-corrected chi connectivity index (χ1v) is 6.80. The summed E-state index contributed by atoms with van der Waals surface area (Å²) in [5.74, 6) is 0.0121. The molecule has 6 nitrogen and oxygen atoms in total. The Bertz CT molecular complexity index is 529. The van der Waals surface area contributed by atoms with Gasteiger partial charge in [0.15, 0.2) is 5.89 Å². The van der Waals surface area contributed by atoms with Crippen LogP contribution in [0.15, 0.2) is 4.42 Å². The summed E-state index contributed by atoms with van der Waals surface area (Å²) in [5, 5.41) is 11.5. The van der Waals surface area contributed by atoms with Gasteiger partial charge in [-0.1, -0.05) is 0 Å². The predicted octanol–water partition coefficient (Wildman–Crippen LogP) is 2.23. The second-order valence-corrected chi connectivity index (χ2v) is 5.97. The van der Waals surface area contributed by atoms with Crippen molar-refractivity contribution in [2.45, 2.75) is 57.9 Å². The van der Waals surface area contributed by atoms with Gasteiger partial charge >= 0.3 is 5.97 Å². The van der Waals surface area contributed by atoms with Crippen LogP contribution in [0.1, 0.15) is 67.6 Å². The van der Waals surface area contributed by atoms with Crippen molar-refractivity contribution in [3.63, 3.8) is 0 Å². The zero-order valence-electron chi connectivity index (χ0n) is 12.0. The normalized spacial score (nSPS) is 15.2. The average Bonchev–Trinajstić information content (AvgIpc) is 3.10. The molecule has 1 saturated carbocycles. The maximum Gasteiger partial charge on any atom is 0.303 e. The summed E-state index contributed by atoms with van der Waals surface area (Å²) in [7, 11) is 0. The second-order valence-electron chi connectivity index (χ2n) is 5.97. The fourth-order valence-electron chi connectivity index (χ4n) is 1.98. The van der Waals surface area contributed by atoms with E-state index in [1.54, 1.807) is 20.8 Å². The molecule has 110 valence electrons. The summed E-state index contributed by atoms with van der Waals surface area (Å²) >= 11 is 0. The van der Waals surface area contributed by atoms with Gasteiger partial charge in [-0.15, -0.1) is 0 Å². The lowest BCUT2D eigenvalue weighted by molar-refractivity contribution is -0.137. The summed E-state index contributed by atoms with van der Waals surface area (Å²) in [6, 6.07) is 0. The zero-order valence-corrected chi connectivity index (χ0v) is 12.0. The molecule has 1 aromatic heterocycles. The van der Waals surface area contributed by atoms with Crippen LogP contribution in [0.2, 0.25) is 0 Å². The molecule has 1 aromatic rings. The van der Waals surface area contributed by atoms with Crippen LogP contribution in [-0.2, 0) is 4.79 Å². The van der Waals surface area contributed by atoms with Crippen LogP contribution >= 0.6 is 0 Å². The van der Waals surface area contributed by atoms with Crippen molar-refractivity contribution in [3.8, 4) is 0 Å². The highest BCUT2D eigenvalue weighted by molar-refractivity contribution is 5.92. The van der Waals surface area contributed by atoms with Crippen LogP contribution in [0.25, 0.3) is 0 Å². The lowest BCUT2D eigenvalue weighted by atomic mass is 9.98. The van der Waals surface area contributed by atoms with Crippen LogP contribution < -0.4 is 5.32 Å². The number of carbonyl (C=O) groups excluding carboxylic acids is 1. The number of oxazole rings is 1. The fourth-order valence-corrected chi connectivity index (χ4v) is 1.98. The van der Waals surface area contributed by atoms with E-state index in [0.717, 1.165) is 12.8 Å². The Morgan fingerprint density at radius 2 is 2.10 bits per heavy atom. The van der Waals surface area contributed by atoms with E-state index in [1.807, 2.05) is 0 Å². The van der Waals surface area contributed by atoms with Gasteiger partial charge in [-0.3, -0.25) is 9.59 Å². The van der Waals surface area contributed by atoms with Gasteiger partial charge in [0.2, 0.25) is 5.76 Å². The number of hydrogen-bond acceptors (Lipinski definition) is 4. The fraction of sp³-hybridized carbons (Fsp3) is 0.643. The molecule has 1 fully saturated rings. The summed E-state index contributed by atoms with van der Waals surface area (Å²) in [6.07, 6.45) is 2.49. The number of hydrogen-bond donors (Lipinski definition) is 2. The lowest BCUT2D eigenvalue weighted by Crippen LogP contribution is -2.43. The molecule has 0 aliphatic heterocycles. The molecular weight excluding hydrogens is 260 g/mol. The van der Waals surface area contributed by atoms with Crippen LogP contribution in [0.4, 0.5) is 0 Å². The van der Waals surface area contributed by atoms with Gasteiger partial charge in [0.1, 0.15) is 0 Å². The molecule has 0 spiro atoms. The topological polar surface area (TPSA) is 92.4 Å². The van der Waals surface area contributed by atoms with E-state index in [0.29, 0.717) is 23.9 Å². The van der Waals surface area contributed by atoms with E-state index in [1.165, 1.54) is 0 Å². The monoisotopic (exact) mass is 280 g/mol. The van der Waals surface area contributed by atoms with Crippen LogP contribution in [0.3, 0.4) is 0 Å². The van der Waals surface area contributed by atoms with E-state index in [9.17, 15) is 9.59 Å². The van der Waals surface area contributed by atoms with Crippen molar-refractivity contribution in [2.24, 2.45) is 0 Å².